The molecule has 0 amide bonds. The number of hydrogen-bond donors (Lipinski definition) is 1. The van der Waals surface area contributed by atoms with Crippen molar-refractivity contribution >= 4 is 16.5 Å². The van der Waals surface area contributed by atoms with E-state index in [1.807, 2.05) is 30.3 Å². The molecule has 2 N–H and O–H groups in total. The summed E-state index contributed by atoms with van der Waals surface area (Å²) >= 11 is 0. The van der Waals surface area contributed by atoms with Gasteiger partial charge in [0, 0.05) is 22.5 Å². The van der Waals surface area contributed by atoms with E-state index in [4.69, 9.17) is 15.7 Å². The summed E-state index contributed by atoms with van der Waals surface area (Å²) in [5.74, 6) is 1.05. The number of pyridine rings is 1. The van der Waals surface area contributed by atoms with Crippen LogP contribution in [0, 0.1) is 11.3 Å². The molecule has 0 saturated heterocycles. The maximum atomic E-state index is 8.85. The predicted octanol–water partition coefficient (Wildman–Crippen LogP) is 3.48. The molecule has 3 aromatic rings. The number of anilines is 1. The molecule has 3 rings (SSSR count). The lowest BCUT2D eigenvalue weighted by atomic mass is 10.1. The molecule has 0 unspecified atom stereocenters. The third kappa shape index (κ3) is 2.13. The molecule has 0 aliphatic carbocycles. The summed E-state index contributed by atoms with van der Waals surface area (Å²) in [6.07, 6.45) is 0. The fourth-order valence-electron chi connectivity index (χ4n) is 2.03. The van der Waals surface area contributed by atoms with Gasteiger partial charge in [-0.05, 0) is 18.2 Å². The van der Waals surface area contributed by atoms with E-state index in [1.54, 1.807) is 30.3 Å². The quantitative estimate of drug-likeness (QED) is 0.717. The van der Waals surface area contributed by atoms with E-state index < -0.39 is 0 Å². The molecular weight excluding hydrogens is 250 g/mol. The average Bonchev–Trinajstić information content (AvgIpc) is 2.51. The molecule has 96 valence electrons. The Labute approximate surface area is 116 Å². The summed E-state index contributed by atoms with van der Waals surface area (Å²) in [6, 6.07) is 18.4. The second kappa shape index (κ2) is 4.90. The van der Waals surface area contributed by atoms with Gasteiger partial charge < -0.3 is 10.5 Å². The van der Waals surface area contributed by atoms with Gasteiger partial charge in [0.25, 0.3) is 0 Å². The first-order chi connectivity index (χ1) is 9.78. The van der Waals surface area contributed by atoms with Crippen LogP contribution in [0.25, 0.3) is 10.8 Å². The zero-order valence-corrected chi connectivity index (χ0v) is 10.6. The van der Waals surface area contributed by atoms with Gasteiger partial charge in [-0.2, -0.15) is 5.26 Å². The number of nitrogens with zero attached hydrogens (tertiary/aromatic N) is 2. The molecule has 1 heterocycles. The van der Waals surface area contributed by atoms with Crippen LogP contribution in [0.2, 0.25) is 0 Å². The molecule has 0 bridgehead atoms. The summed E-state index contributed by atoms with van der Waals surface area (Å²) in [4.78, 5) is 4.10. The summed E-state index contributed by atoms with van der Waals surface area (Å²) in [6.45, 7) is 0. The Morgan fingerprint density at radius 1 is 0.950 bits per heavy atom. The number of ether oxygens (including phenoxy) is 1. The van der Waals surface area contributed by atoms with E-state index in [1.165, 1.54) is 0 Å². The van der Waals surface area contributed by atoms with Crippen molar-refractivity contribution in [3.63, 3.8) is 0 Å². The summed E-state index contributed by atoms with van der Waals surface area (Å²) in [5.41, 5.74) is 6.97. The number of aromatic nitrogens is 1. The molecule has 0 radical (unpaired) electrons. The van der Waals surface area contributed by atoms with Crippen LogP contribution >= 0.6 is 0 Å². The van der Waals surface area contributed by atoms with Gasteiger partial charge in [0.05, 0.1) is 0 Å². The summed E-state index contributed by atoms with van der Waals surface area (Å²) in [7, 11) is 0. The van der Waals surface area contributed by atoms with Crippen molar-refractivity contribution in [1.82, 2.24) is 4.98 Å². The lowest BCUT2D eigenvalue weighted by molar-refractivity contribution is 0.468. The van der Waals surface area contributed by atoms with E-state index in [-0.39, 0.29) is 0 Å². The Morgan fingerprint density at radius 3 is 2.55 bits per heavy atom. The second-order valence-electron chi connectivity index (χ2n) is 4.27. The molecule has 2 aromatic carbocycles. The Balaban J connectivity index is 2.07. The van der Waals surface area contributed by atoms with Crippen LogP contribution in [0.1, 0.15) is 5.69 Å². The van der Waals surface area contributed by atoms with Crippen molar-refractivity contribution in [2.24, 2.45) is 0 Å². The number of fused-ring (bicyclic) bond motifs is 1. The van der Waals surface area contributed by atoms with Crippen LogP contribution in [0.3, 0.4) is 0 Å². The van der Waals surface area contributed by atoms with Crippen LogP contribution in [0.4, 0.5) is 5.69 Å². The molecule has 0 aliphatic rings. The first-order valence-corrected chi connectivity index (χ1v) is 6.10. The second-order valence-corrected chi connectivity index (χ2v) is 4.27. The number of rotatable bonds is 2. The van der Waals surface area contributed by atoms with Gasteiger partial charge in [-0.3, -0.25) is 0 Å². The topological polar surface area (TPSA) is 71.9 Å². The molecule has 0 fully saturated rings. The van der Waals surface area contributed by atoms with E-state index >= 15 is 0 Å². The zero-order valence-electron chi connectivity index (χ0n) is 10.6. The maximum Gasteiger partial charge on any atom is 0.220 e. The van der Waals surface area contributed by atoms with Gasteiger partial charge in [0.15, 0.2) is 0 Å². The molecule has 20 heavy (non-hydrogen) atoms. The SMILES string of the molecule is N#Cc1cccc(Oc2ccc(N)c3ccccc23)n1. The molecule has 0 saturated carbocycles. The Hall–Kier alpha value is -3.06. The first kappa shape index (κ1) is 12.0. The number of nitrogen functional groups attached to an aromatic ring is 1. The third-order valence-corrected chi connectivity index (χ3v) is 2.97. The molecule has 1 aromatic heterocycles. The van der Waals surface area contributed by atoms with Gasteiger partial charge >= 0.3 is 0 Å². The van der Waals surface area contributed by atoms with Gasteiger partial charge in [-0.25, -0.2) is 4.98 Å². The average molecular weight is 261 g/mol. The summed E-state index contributed by atoms with van der Waals surface area (Å²) < 4.78 is 5.77. The Kier molecular flexibility index (Phi) is 2.94. The number of hydrogen-bond acceptors (Lipinski definition) is 4. The minimum atomic E-state index is 0.322. The minimum Gasteiger partial charge on any atom is -0.438 e. The highest BCUT2D eigenvalue weighted by atomic mass is 16.5. The van der Waals surface area contributed by atoms with E-state index in [2.05, 4.69) is 4.98 Å². The van der Waals surface area contributed by atoms with Crippen molar-refractivity contribution in [1.29, 1.82) is 5.26 Å². The highest BCUT2D eigenvalue weighted by molar-refractivity contribution is 5.97. The van der Waals surface area contributed by atoms with Crippen molar-refractivity contribution < 1.29 is 4.74 Å². The Bertz CT molecular complexity index is 821. The maximum absolute atomic E-state index is 8.85. The van der Waals surface area contributed by atoms with Crippen LogP contribution in [-0.4, -0.2) is 4.98 Å². The molecule has 0 spiro atoms. The minimum absolute atomic E-state index is 0.322. The summed E-state index contributed by atoms with van der Waals surface area (Å²) in [5, 5.41) is 10.7. The Morgan fingerprint density at radius 2 is 1.75 bits per heavy atom. The molecule has 4 nitrogen and oxygen atoms in total. The van der Waals surface area contributed by atoms with E-state index in [0.29, 0.717) is 23.0 Å². The zero-order chi connectivity index (χ0) is 13.9. The number of nitriles is 1. The standard InChI is InChI=1S/C16H11N3O/c17-10-11-4-3-7-16(19-11)20-15-9-8-14(18)12-5-1-2-6-13(12)15/h1-9H,18H2. The van der Waals surface area contributed by atoms with Gasteiger partial charge in [-0.15, -0.1) is 0 Å². The van der Waals surface area contributed by atoms with Crippen molar-refractivity contribution in [3.05, 3.63) is 60.3 Å². The molecule has 4 heteroatoms. The number of nitrogens with two attached hydrogens (primary N) is 1. The van der Waals surface area contributed by atoms with Crippen LogP contribution in [0.15, 0.2) is 54.6 Å². The monoisotopic (exact) mass is 261 g/mol. The van der Waals surface area contributed by atoms with Crippen molar-refractivity contribution in [2.45, 2.75) is 0 Å². The number of benzene rings is 2. The van der Waals surface area contributed by atoms with Crippen LogP contribution in [-0.2, 0) is 0 Å². The van der Waals surface area contributed by atoms with Crippen LogP contribution < -0.4 is 10.5 Å². The smallest absolute Gasteiger partial charge is 0.220 e. The van der Waals surface area contributed by atoms with E-state index in [9.17, 15) is 0 Å². The normalized spacial score (nSPS) is 10.2. The lowest BCUT2D eigenvalue weighted by Gasteiger charge is -2.09. The first-order valence-electron chi connectivity index (χ1n) is 6.10. The van der Waals surface area contributed by atoms with Crippen molar-refractivity contribution in [2.75, 3.05) is 5.73 Å². The van der Waals surface area contributed by atoms with Gasteiger partial charge in [-0.1, -0.05) is 30.3 Å². The largest absolute Gasteiger partial charge is 0.438 e. The molecule has 0 atom stereocenters. The fourth-order valence-corrected chi connectivity index (χ4v) is 2.03. The van der Waals surface area contributed by atoms with Gasteiger partial charge in [0.1, 0.15) is 17.5 Å². The highest BCUT2D eigenvalue weighted by Gasteiger charge is 2.06. The fraction of sp³-hybridized carbons (Fsp3) is 0. The van der Waals surface area contributed by atoms with Crippen molar-refractivity contribution in [3.8, 4) is 17.7 Å². The van der Waals surface area contributed by atoms with Gasteiger partial charge in [0.2, 0.25) is 5.88 Å². The van der Waals surface area contributed by atoms with E-state index in [0.717, 1.165) is 10.8 Å². The molecule has 0 aliphatic heterocycles. The highest BCUT2D eigenvalue weighted by Crippen LogP contribution is 2.32. The third-order valence-electron chi connectivity index (χ3n) is 2.97. The van der Waals surface area contributed by atoms with Crippen LogP contribution in [0.5, 0.6) is 11.6 Å². The lowest BCUT2D eigenvalue weighted by Crippen LogP contribution is -1.93. The predicted molar refractivity (Wildman–Crippen MR) is 77.4 cm³/mol. The molecular formula is C16H11N3O.